The van der Waals surface area contributed by atoms with Crippen molar-refractivity contribution in [2.45, 2.75) is 83.8 Å². The number of fused-ring (bicyclic) bond motifs is 2. The minimum absolute atomic E-state index is 0.0713. The largest absolute Gasteiger partial charge is 0.480 e. The van der Waals surface area contributed by atoms with E-state index in [-0.39, 0.29) is 53.5 Å². The SMILES string of the molecule is COC(=O)[C@@H]1CCCN1Cc1cc2nc(-c3cccc(C4=CC=CC(c5nc6cc(CN7CCC[C@H]7C(=O)O)c(OC(F)F)cc6o5)C4(C)C)c3)oc2cc1OC(F)F. The van der Waals surface area contributed by atoms with Crippen LogP contribution in [0.5, 0.6) is 11.5 Å². The number of alkyl halides is 4. The number of allylic oxidation sites excluding steroid dienone is 4. The van der Waals surface area contributed by atoms with E-state index in [9.17, 15) is 32.3 Å². The van der Waals surface area contributed by atoms with Gasteiger partial charge in [-0.3, -0.25) is 19.4 Å². The topological polar surface area (TPSA) is 141 Å². The average Bonchev–Trinajstić information content (AvgIpc) is 4.01. The molecule has 3 atom stereocenters. The molecule has 0 saturated carbocycles. The zero-order valence-electron chi connectivity index (χ0n) is 32.5. The fourth-order valence-electron chi connectivity index (χ4n) is 8.65. The number of likely N-dealkylation sites (tertiary alicyclic amines) is 2. The highest BCUT2D eigenvalue weighted by molar-refractivity contribution is 5.82. The van der Waals surface area contributed by atoms with E-state index in [1.807, 2.05) is 61.2 Å². The van der Waals surface area contributed by atoms with Crippen LogP contribution in [-0.4, -0.2) is 82.3 Å². The van der Waals surface area contributed by atoms with Gasteiger partial charge in [0, 0.05) is 47.3 Å². The van der Waals surface area contributed by atoms with Crippen LogP contribution in [-0.2, 0) is 27.4 Å². The number of carbonyl (C=O) groups excluding carboxylic acids is 1. The van der Waals surface area contributed by atoms with E-state index in [2.05, 4.69) is 0 Å². The number of carboxylic acid groups (broad SMARTS) is 1. The van der Waals surface area contributed by atoms with Crippen molar-refractivity contribution in [3.05, 3.63) is 89.3 Å². The summed E-state index contributed by atoms with van der Waals surface area (Å²) in [5, 5.41) is 9.68. The number of hydrogen-bond acceptors (Lipinski definition) is 11. The molecule has 2 fully saturated rings. The molecule has 310 valence electrons. The fraction of sp³-hybridized carbons (Fsp3) is 0.395. The lowest BCUT2D eigenvalue weighted by Crippen LogP contribution is -2.36. The van der Waals surface area contributed by atoms with Crippen molar-refractivity contribution in [2.75, 3.05) is 20.2 Å². The molecule has 3 aromatic carbocycles. The van der Waals surface area contributed by atoms with Crippen LogP contribution < -0.4 is 9.47 Å². The minimum atomic E-state index is -3.10. The van der Waals surface area contributed by atoms with E-state index in [1.165, 1.54) is 19.2 Å². The van der Waals surface area contributed by atoms with E-state index in [1.54, 1.807) is 17.0 Å². The smallest absolute Gasteiger partial charge is 0.387 e. The Morgan fingerprint density at radius 3 is 2.07 bits per heavy atom. The predicted molar refractivity (Wildman–Crippen MR) is 207 cm³/mol. The number of methoxy groups -OCH3 is 1. The van der Waals surface area contributed by atoms with Gasteiger partial charge in [0.1, 0.15) is 34.6 Å². The Morgan fingerprint density at radius 1 is 0.847 bits per heavy atom. The van der Waals surface area contributed by atoms with E-state index in [4.69, 9.17) is 33.0 Å². The Morgan fingerprint density at radius 2 is 1.44 bits per heavy atom. The Hall–Kier alpha value is -5.74. The van der Waals surface area contributed by atoms with Gasteiger partial charge in [-0.15, -0.1) is 0 Å². The fourth-order valence-corrected chi connectivity index (χ4v) is 8.65. The lowest BCUT2D eigenvalue weighted by molar-refractivity contribution is -0.146. The lowest BCUT2D eigenvalue weighted by Gasteiger charge is -2.35. The molecular weight excluding hydrogens is 776 g/mol. The normalized spacial score (nSPS) is 20.9. The van der Waals surface area contributed by atoms with Crippen LogP contribution in [0.15, 0.2) is 75.6 Å². The van der Waals surface area contributed by atoms with Crippen molar-refractivity contribution in [2.24, 2.45) is 5.41 Å². The van der Waals surface area contributed by atoms with Gasteiger partial charge in [0.25, 0.3) is 0 Å². The van der Waals surface area contributed by atoms with Crippen LogP contribution in [0.1, 0.15) is 68.0 Å². The van der Waals surface area contributed by atoms with E-state index < -0.39 is 36.7 Å². The van der Waals surface area contributed by atoms with E-state index in [0.717, 1.165) is 17.6 Å². The van der Waals surface area contributed by atoms with E-state index in [0.29, 0.717) is 66.0 Å². The Kier molecular flexibility index (Phi) is 11.0. The highest BCUT2D eigenvalue weighted by atomic mass is 19.3. The van der Waals surface area contributed by atoms with Gasteiger partial charge in [-0.1, -0.05) is 44.2 Å². The van der Waals surface area contributed by atoms with Crippen LogP contribution in [0.3, 0.4) is 0 Å². The van der Waals surface area contributed by atoms with Crippen LogP contribution >= 0.6 is 0 Å². The molecule has 0 amide bonds. The zero-order valence-corrected chi connectivity index (χ0v) is 32.5. The Balaban J connectivity index is 1.07. The number of carbonyl (C=O) groups is 2. The van der Waals surface area contributed by atoms with Crippen molar-refractivity contribution in [3.8, 4) is 23.0 Å². The van der Waals surface area contributed by atoms with Gasteiger partial charge in [0.05, 0.1) is 13.0 Å². The van der Waals surface area contributed by atoms with Crippen molar-refractivity contribution < 1.29 is 55.3 Å². The number of hydrogen-bond donors (Lipinski definition) is 1. The number of esters is 1. The summed E-state index contributed by atoms with van der Waals surface area (Å²) < 4.78 is 81.3. The highest BCUT2D eigenvalue weighted by Gasteiger charge is 2.39. The monoisotopic (exact) mass is 818 g/mol. The van der Waals surface area contributed by atoms with Crippen LogP contribution in [0.4, 0.5) is 17.6 Å². The number of halogens is 4. The minimum Gasteiger partial charge on any atom is -0.480 e. The summed E-state index contributed by atoms with van der Waals surface area (Å²) in [7, 11) is 1.32. The maximum atomic E-state index is 13.6. The molecule has 1 N–H and O–H groups in total. The molecule has 5 aromatic rings. The number of carboxylic acids is 1. The number of aliphatic carboxylic acids is 1. The highest BCUT2D eigenvalue weighted by Crippen LogP contribution is 2.50. The third-order valence-electron chi connectivity index (χ3n) is 11.5. The average molecular weight is 819 g/mol. The molecule has 1 aliphatic carbocycles. The first-order valence-electron chi connectivity index (χ1n) is 19.3. The van der Waals surface area contributed by atoms with Crippen molar-refractivity contribution in [3.63, 3.8) is 0 Å². The molecule has 1 unspecified atom stereocenters. The summed E-state index contributed by atoms with van der Waals surface area (Å²) in [6, 6.07) is 12.4. The van der Waals surface area contributed by atoms with Gasteiger partial charge in [0.15, 0.2) is 11.2 Å². The van der Waals surface area contributed by atoms with Gasteiger partial charge in [-0.25, -0.2) is 9.97 Å². The first-order valence-corrected chi connectivity index (χ1v) is 19.3. The molecule has 3 aliphatic rings. The number of oxazole rings is 2. The molecule has 0 radical (unpaired) electrons. The maximum Gasteiger partial charge on any atom is 0.387 e. The van der Waals surface area contributed by atoms with Gasteiger partial charge in [-0.2, -0.15) is 17.6 Å². The summed E-state index contributed by atoms with van der Waals surface area (Å²) in [5.41, 5.74) is 3.97. The number of rotatable bonds is 13. The number of ether oxygens (including phenoxy) is 3. The molecule has 59 heavy (non-hydrogen) atoms. The van der Waals surface area contributed by atoms with Crippen LogP contribution in [0, 0.1) is 5.41 Å². The van der Waals surface area contributed by atoms with Crippen molar-refractivity contribution in [1.29, 1.82) is 0 Å². The molecule has 0 spiro atoms. The first-order chi connectivity index (χ1) is 28.3. The molecule has 2 aliphatic heterocycles. The summed E-state index contributed by atoms with van der Waals surface area (Å²) in [5.74, 6) is -1.29. The van der Waals surface area contributed by atoms with Gasteiger partial charge in [0.2, 0.25) is 11.8 Å². The van der Waals surface area contributed by atoms with Gasteiger partial charge in [-0.05, 0) is 74.2 Å². The zero-order chi connectivity index (χ0) is 41.6. The first kappa shape index (κ1) is 40.1. The molecule has 12 nitrogen and oxygen atoms in total. The van der Waals surface area contributed by atoms with Gasteiger partial charge >= 0.3 is 25.2 Å². The Bertz CT molecular complexity index is 2460. The summed E-state index contributed by atoms with van der Waals surface area (Å²) in [4.78, 5) is 37.4. The second-order valence-electron chi connectivity index (χ2n) is 15.5. The predicted octanol–water partition coefficient (Wildman–Crippen LogP) is 8.79. The standard InChI is InChI=1S/C43H42F4N4O8/c1-43(2)27(10-5-11-28(43)38-49-30-18-25(21-50-14-6-12-31(50)39(52)53)34(59-42(46)47)20-36(30)57-38)23-8-4-9-24(16-23)37-48-29-17-26(33(58-41(44)45)19-35(29)56-37)22-51-15-7-13-32(51)40(54)55-3/h4-5,8-11,16-20,28,31-32,41-42H,6-7,12-15,21-22H2,1-3H3,(H,52,53)/t28?,31-,32-/m0/s1. The van der Waals surface area contributed by atoms with Crippen molar-refractivity contribution >= 4 is 39.7 Å². The van der Waals surface area contributed by atoms with Crippen molar-refractivity contribution in [1.82, 2.24) is 19.8 Å². The van der Waals surface area contributed by atoms with Gasteiger partial charge < -0.3 is 28.2 Å². The second kappa shape index (κ2) is 16.1. The third kappa shape index (κ3) is 8.02. The maximum absolute atomic E-state index is 13.6. The number of aromatic nitrogens is 2. The molecule has 8 rings (SSSR count). The molecule has 16 heteroatoms. The van der Waals surface area contributed by atoms with E-state index >= 15 is 0 Å². The third-order valence-corrected chi connectivity index (χ3v) is 11.5. The summed E-state index contributed by atoms with van der Waals surface area (Å²) >= 11 is 0. The molecule has 2 saturated heterocycles. The molecule has 0 bridgehead atoms. The molecule has 2 aromatic heterocycles. The van der Waals surface area contributed by atoms with Crippen LogP contribution in [0.25, 0.3) is 39.2 Å². The molecule has 4 heterocycles. The quantitative estimate of drug-likeness (QED) is 0.0897. The number of nitrogens with zero attached hydrogens (tertiary/aromatic N) is 4. The Labute approximate surface area is 336 Å². The summed E-state index contributed by atoms with van der Waals surface area (Å²) in [6.45, 7) is -0.732. The lowest BCUT2D eigenvalue weighted by atomic mass is 9.68. The second-order valence-corrected chi connectivity index (χ2v) is 15.5. The summed E-state index contributed by atoms with van der Waals surface area (Å²) in [6.07, 6.45) is 8.36. The number of benzene rings is 3. The van der Waals surface area contributed by atoms with Crippen LogP contribution in [0.2, 0.25) is 0 Å². The molecular formula is C43H42F4N4O8.